The maximum atomic E-state index is 12.9. The highest BCUT2D eigenvalue weighted by Gasteiger charge is 2.31. The highest BCUT2D eigenvalue weighted by atomic mass is 16.5. The van der Waals surface area contributed by atoms with Gasteiger partial charge in [0, 0.05) is 19.6 Å². The van der Waals surface area contributed by atoms with E-state index in [2.05, 4.69) is 12.1 Å². The maximum absolute atomic E-state index is 12.9. The van der Waals surface area contributed by atoms with Gasteiger partial charge in [0.15, 0.2) is 0 Å². The van der Waals surface area contributed by atoms with Gasteiger partial charge in [0.25, 0.3) is 0 Å². The summed E-state index contributed by atoms with van der Waals surface area (Å²) < 4.78 is 10.7. The molecular weight excluding hydrogens is 280 g/mol. The number of urea groups is 1. The van der Waals surface area contributed by atoms with E-state index in [0.717, 1.165) is 31.6 Å². The molecule has 1 aromatic carbocycles. The molecule has 0 N–H and O–H groups in total. The number of nitrogens with zero attached hydrogens (tertiary/aromatic N) is 2. The predicted molar refractivity (Wildman–Crippen MR) is 84.1 cm³/mol. The molecule has 1 atom stereocenters. The van der Waals surface area contributed by atoms with Crippen LogP contribution >= 0.6 is 0 Å². The van der Waals surface area contributed by atoms with E-state index in [1.54, 1.807) is 7.11 Å². The Bertz CT molecular complexity index is 514. The first-order valence-corrected chi connectivity index (χ1v) is 8.07. The molecule has 5 nitrogen and oxygen atoms in total. The van der Waals surface area contributed by atoms with E-state index < -0.39 is 0 Å². The second-order valence-corrected chi connectivity index (χ2v) is 5.86. The summed E-state index contributed by atoms with van der Waals surface area (Å²) >= 11 is 0. The molecular formula is C17H24N2O3. The van der Waals surface area contributed by atoms with Crippen LogP contribution in [0, 0.1) is 0 Å². The molecule has 5 heteroatoms. The molecule has 22 heavy (non-hydrogen) atoms. The number of carbonyl (C=O) groups is 1. The van der Waals surface area contributed by atoms with Crippen molar-refractivity contribution in [3.8, 4) is 5.75 Å². The van der Waals surface area contributed by atoms with E-state index in [-0.39, 0.29) is 12.1 Å². The molecule has 0 saturated carbocycles. The zero-order valence-electron chi connectivity index (χ0n) is 13.2. The monoisotopic (exact) mass is 304 g/mol. The van der Waals surface area contributed by atoms with Crippen molar-refractivity contribution in [2.75, 3.05) is 40.0 Å². The Kier molecular flexibility index (Phi) is 4.83. The molecule has 2 fully saturated rings. The van der Waals surface area contributed by atoms with E-state index in [0.29, 0.717) is 26.3 Å². The number of morpholine rings is 1. The summed E-state index contributed by atoms with van der Waals surface area (Å²) in [6.07, 6.45) is 3.26. The average molecular weight is 304 g/mol. The lowest BCUT2D eigenvalue weighted by Crippen LogP contribution is -2.50. The van der Waals surface area contributed by atoms with Gasteiger partial charge in [-0.15, -0.1) is 0 Å². The van der Waals surface area contributed by atoms with Crippen molar-refractivity contribution in [1.29, 1.82) is 0 Å². The van der Waals surface area contributed by atoms with Gasteiger partial charge in [0.1, 0.15) is 5.75 Å². The third-order valence-electron chi connectivity index (χ3n) is 4.51. The lowest BCUT2D eigenvalue weighted by molar-refractivity contribution is 0.0355. The first-order valence-electron chi connectivity index (χ1n) is 8.07. The molecule has 2 heterocycles. The van der Waals surface area contributed by atoms with Gasteiger partial charge in [-0.2, -0.15) is 0 Å². The Labute approximate surface area is 131 Å². The van der Waals surface area contributed by atoms with Gasteiger partial charge in [-0.3, -0.25) is 0 Å². The first kappa shape index (κ1) is 15.2. The normalized spacial score (nSPS) is 22.5. The van der Waals surface area contributed by atoms with Crippen LogP contribution in [0.3, 0.4) is 0 Å². The van der Waals surface area contributed by atoms with E-state index >= 15 is 0 Å². The third kappa shape index (κ3) is 3.19. The Morgan fingerprint density at radius 2 is 2.05 bits per heavy atom. The quantitative estimate of drug-likeness (QED) is 0.843. The summed E-state index contributed by atoms with van der Waals surface area (Å²) in [6, 6.07) is 8.39. The summed E-state index contributed by atoms with van der Waals surface area (Å²) in [4.78, 5) is 16.8. The van der Waals surface area contributed by atoms with Crippen LogP contribution in [0.5, 0.6) is 5.75 Å². The molecule has 2 aliphatic heterocycles. The highest BCUT2D eigenvalue weighted by Crippen LogP contribution is 2.33. The summed E-state index contributed by atoms with van der Waals surface area (Å²) in [6.45, 7) is 3.51. The van der Waals surface area contributed by atoms with Crippen molar-refractivity contribution in [1.82, 2.24) is 9.80 Å². The average Bonchev–Trinajstić information content (AvgIpc) is 2.62. The molecule has 1 unspecified atom stereocenters. The third-order valence-corrected chi connectivity index (χ3v) is 4.51. The van der Waals surface area contributed by atoms with Gasteiger partial charge in [0.05, 0.1) is 26.4 Å². The Hall–Kier alpha value is -1.75. The lowest BCUT2D eigenvalue weighted by Gasteiger charge is -2.40. The number of rotatable bonds is 2. The molecule has 2 aliphatic rings. The fourth-order valence-corrected chi connectivity index (χ4v) is 3.29. The number of methoxy groups -OCH3 is 1. The molecule has 3 rings (SSSR count). The number of amides is 2. The molecule has 1 aromatic rings. The minimum Gasteiger partial charge on any atom is -0.497 e. The second kappa shape index (κ2) is 7.01. The van der Waals surface area contributed by atoms with Gasteiger partial charge in [-0.25, -0.2) is 4.79 Å². The van der Waals surface area contributed by atoms with Crippen LogP contribution in [0.2, 0.25) is 0 Å². The van der Waals surface area contributed by atoms with Crippen molar-refractivity contribution in [3.05, 3.63) is 29.8 Å². The summed E-state index contributed by atoms with van der Waals surface area (Å²) in [5, 5.41) is 0. The lowest BCUT2D eigenvalue weighted by atomic mass is 9.95. The van der Waals surface area contributed by atoms with E-state index in [9.17, 15) is 4.79 Å². The van der Waals surface area contributed by atoms with Crippen LogP contribution in [0.1, 0.15) is 30.9 Å². The largest absolute Gasteiger partial charge is 0.497 e. The molecule has 0 aliphatic carbocycles. The molecule has 0 aromatic heterocycles. The number of carbonyl (C=O) groups excluding carboxylic acids is 1. The Morgan fingerprint density at radius 3 is 2.82 bits per heavy atom. The smallest absolute Gasteiger partial charge is 0.320 e. The number of benzene rings is 1. The van der Waals surface area contributed by atoms with Gasteiger partial charge in [-0.05, 0) is 37.0 Å². The van der Waals surface area contributed by atoms with E-state index in [4.69, 9.17) is 9.47 Å². The van der Waals surface area contributed by atoms with Gasteiger partial charge >= 0.3 is 6.03 Å². The standard InChI is InChI=1S/C17H24N2O3/c1-21-15-6-4-5-14(13-15)16-7-2-3-8-19(16)17(20)18-9-11-22-12-10-18/h4-6,13,16H,2-3,7-12H2,1H3. The molecule has 0 bridgehead atoms. The van der Waals surface area contributed by atoms with E-state index in [1.165, 1.54) is 5.56 Å². The zero-order valence-corrected chi connectivity index (χ0v) is 13.2. The SMILES string of the molecule is COc1cccc(C2CCCCN2C(=O)N2CCOCC2)c1. The fourth-order valence-electron chi connectivity index (χ4n) is 3.29. The van der Waals surface area contributed by atoms with Crippen LogP contribution in [-0.4, -0.2) is 55.8 Å². The van der Waals surface area contributed by atoms with E-state index in [1.807, 2.05) is 21.9 Å². The predicted octanol–water partition coefficient (Wildman–Crippen LogP) is 2.67. The Morgan fingerprint density at radius 1 is 1.23 bits per heavy atom. The van der Waals surface area contributed by atoms with Crippen LogP contribution in [-0.2, 0) is 4.74 Å². The number of ether oxygens (including phenoxy) is 2. The minimum absolute atomic E-state index is 0.149. The highest BCUT2D eigenvalue weighted by molar-refractivity contribution is 5.75. The van der Waals surface area contributed by atoms with Crippen molar-refractivity contribution in [2.24, 2.45) is 0 Å². The van der Waals surface area contributed by atoms with Gasteiger partial charge < -0.3 is 19.3 Å². The fraction of sp³-hybridized carbons (Fsp3) is 0.588. The number of hydrogen-bond donors (Lipinski definition) is 0. The molecule has 0 radical (unpaired) electrons. The van der Waals surface area contributed by atoms with Crippen molar-refractivity contribution in [3.63, 3.8) is 0 Å². The first-order chi connectivity index (χ1) is 10.8. The van der Waals surface area contributed by atoms with Crippen LogP contribution in [0.25, 0.3) is 0 Å². The molecule has 0 spiro atoms. The van der Waals surface area contributed by atoms with Crippen molar-refractivity contribution in [2.45, 2.75) is 25.3 Å². The number of likely N-dealkylation sites (tertiary alicyclic amines) is 1. The second-order valence-electron chi connectivity index (χ2n) is 5.86. The number of hydrogen-bond acceptors (Lipinski definition) is 3. The molecule has 2 amide bonds. The molecule has 2 saturated heterocycles. The topological polar surface area (TPSA) is 42.0 Å². The summed E-state index contributed by atoms with van der Waals surface area (Å²) in [5.41, 5.74) is 1.17. The summed E-state index contributed by atoms with van der Waals surface area (Å²) in [7, 11) is 1.68. The number of piperidine rings is 1. The van der Waals surface area contributed by atoms with Gasteiger partial charge in [0.2, 0.25) is 0 Å². The van der Waals surface area contributed by atoms with Gasteiger partial charge in [-0.1, -0.05) is 12.1 Å². The van der Waals surface area contributed by atoms with Crippen LogP contribution in [0.15, 0.2) is 24.3 Å². The van der Waals surface area contributed by atoms with Crippen LogP contribution < -0.4 is 4.74 Å². The summed E-state index contributed by atoms with van der Waals surface area (Å²) in [5.74, 6) is 0.849. The van der Waals surface area contributed by atoms with Crippen molar-refractivity contribution < 1.29 is 14.3 Å². The van der Waals surface area contributed by atoms with Crippen molar-refractivity contribution >= 4 is 6.03 Å². The maximum Gasteiger partial charge on any atom is 0.320 e. The zero-order chi connectivity index (χ0) is 15.4. The molecule has 120 valence electrons. The van der Waals surface area contributed by atoms with Crippen LogP contribution in [0.4, 0.5) is 4.79 Å². The Balaban J connectivity index is 1.79. The minimum atomic E-state index is 0.149.